The van der Waals surface area contributed by atoms with Crippen LogP contribution in [0.1, 0.15) is 30.8 Å². The number of aromatic nitrogens is 1. The van der Waals surface area contributed by atoms with Gasteiger partial charge in [0.15, 0.2) is 0 Å². The average Bonchev–Trinajstić information content (AvgIpc) is 2.72. The van der Waals surface area contributed by atoms with Crippen LogP contribution in [0.3, 0.4) is 0 Å². The first-order valence-electron chi connectivity index (χ1n) is 6.35. The zero-order chi connectivity index (χ0) is 14.0. The van der Waals surface area contributed by atoms with Crippen molar-refractivity contribution in [2.45, 2.75) is 25.9 Å². The average molecular weight is 284 g/mol. The first-order chi connectivity index (χ1) is 8.93. The fraction of sp³-hybridized carbons (Fsp3) is 0.538. The minimum Gasteiger partial charge on any atom is -0.388 e. The Kier molecular flexibility index (Phi) is 3.96. The number of aliphatic hydroxyl groups is 1. The summed E-state index contributed by atoms with van der Waals surface area (Å²) < 4.78 is 0. The van der Waals surface area contributed by atoms with Crippen LogP contribution in [0.5, 0.6) is 0 Å². The molecule has 0 aliphatic carbocycles. The molecule has 5 nitrogen and oxygen atoms in total. The minimum absolute atomic E-state index is 0.234. The van der Waals surface area contributed by atoms with Gasteiger partial charge in [0.2, 0.25) is 0 Å². The molecular weight excluding hydrogens is 266 g/mol. The molecule has 2 rings (SSSR count). The Labute approximate surface area is 117 Å². The van der Waals surface area contributed by atoms with Gasteiger partial charge >= 0.3 is 0 Å². The van der Waals surface area contributed by atoms with E-state index in [1.165, 1.54) is 0 Å². The SMILES string of the molecule is CCNc1ccc(Cl)c(C(=O)N2CCC(C)(O)C2)n1. The number of likely N-dealkylation sites (tertiary alicyclic amines) is 1. The maximum Gasteiger partial charge on any atom is 0.274 e. The highest BCUT2D eigenvalue weighted by Crippen LogP contribution is 2.24. The molecule has 0 aromatic carbocycles. The highest BCUT2D eigenvalue weighted by Gasteiger charge is 2.35. The molecule has 104 valence electrons. The quantitative estimate of drug-likeness (QED) is 0.887. The second kappa shape index (κ2) is 5.35. The maximum atomic E-state index is 12.4. The topological polar surface area (TPSA) is 65.5 Å². The van der Waals surface area contributed by atoms with Crippen molar-refractivity contribution in [2.24, 2.45) is 0 Å². The van der Waals surface area contributed by atoms with Crippen LogP contribution in [-0.4, -0.2) is 46.1 Å². The van der Waals surface area contributed by atoms with Gasteiger partial charge in [-0.05, 0) is 32.4 Å². The summed E-state index contributed by atoms with van der Waals surface area (Å²) in [5, 5.41) is 13.3. The number of pyridine rings is 1. The van der Waals surface area contributed by atoms with Crippen molar-refractivity contribution in [3.8, 4) is 0 Å². The van der Waals surface area contributed by atoms with Crippen LogP contribution in [0.25, 0.3) is 0 Å². The molecule has 1 aliphatic heterocycles. The van der Waals surface area contributed by atoms with Crippen molar-refractivity contribution >= 4 is 23.3 Å². The van der Waals surface area contributed by atoms with E-state index in [9.17, 15) is 9.90 Å². The van der Waals surface area contributed by atoms with E-state index in [0.717, 1.165) is 6.54 Å². The summed E-state index contributed by atoms with van der Waals surface area (Å²) in [5.74, 6) is 0.392. The lowest BCUT2D eigenvalue weighted by Gasteiger charge is -2.19. The summed E-state index contributed by atoms with van der Waals surface area (Å²) >= 11 is 6.04. The Morgan fingerprint density at radius 2 is 2.37 bits per heavy atom. The summed E-state index contributed by atoms with van der Waals surface area (Å²) in [5.41, 5.74) is -0.584. The fourth-order valence-corrected chi connectivity index (χ4v) is 2.33. The van der Waals surface area contributed by atoms with E-state index in [0.29, 0.717) is 30.4 Å². The number of hydrogen-bond acceptors (Lipinski definition) is 4. The Morgan fingerprint density at radius 1 is 1.63 bits per heavy atom. The standard InChI is InChI=1S/C13H18ClN3O2/c1-3-15-10-5-4-9(14)11(16-10)12(18)17-7-6-13(2,19)8-17/h4-5,19H,3,6-8H2,1-2H3,(H,15,16). The lowest BCUT2D eigenvalue weighted by molar-refractivity contribution is 0.0569. The summed E-state index contributed by atoms with van der Waals surface area (Å²) in [6.45, 7) is 5.24. The monoisotopic (exact) mass is 283 g/mol. The summed E-state index contributed by atoms with van der Waals surface area (Å²) in [4.78, 5) is 18.2. The largest absolute Gasteiger partial charge is 0.388 e. The normalized spacial score (nSPS) is 22.6. The van der Waals surface area contributed by atoms with Crippen LogP contribution >= 0.6 is 11.6 Å². The highest BCUT2D eigenvalue weighted by molar-refractivity contribution is 6.33. The molecular formula is C13H18ClN3O2. The second-order valence-corrected chi connectivity index (χ2v) is 5.44. The van der Waals surface area contributed by atoms with Crippen molar-refractivity contribution < 1.29 is 9.90 Å². The molecule has 1 aliphatic rings. The van der Waals surface area contributed by atoms with Crippen molar-refractivity contribution in [3.05, 3.63) is 22.8 Å². The van der Waals surface area contributed by atoms with Crippen LogP contribution < -0.4 is 5.32 Å². The molecule has 19 heavy (non-hydrogen) atoms. The molecule has 2 N–H and O–H groups in total. The number of carbonyl (C=O) groups is 1. The third-order valence-corrected chi connectivity index (χ3v) is 3.45. The van der Waals surface area contributed by atoms with Gasteiger partial charge < -0.3 is 15.3 Å². The smallest absolute Gasteiger partial charge is 0.274 e. The molecule has 1 amide bonds. The number of carbonyl (C=O) groups excluding carboxylic acids is 1. The maximum absolute atomic E-state index is 12.4. The van der Waals surface area contributed by atoms with Crippen LogP contribution in [0, 0.1) is 0 Å². The van der Waals surface area contributed by atoms with Crippen molar-refractivity contribution in [3.63, 3.8) is 0 Å². The summed E-state index contributed by atoms with van der Waals surface area (Å²) in [6, 6.07) is 3.40. The lowest BCUT2D eigenvalue weighted by atomic mass is 10.1. The number of anilines is 1. The number of amides is 1. The van der Waals surface area contributed by atoms with Gasteiger partial charge in [0.05, 0.1) is 10.6 Å². The van der Waals surface area contributed by atoms with Gasteiger partial charge in [-0.3, -0.25) is 4.79 Å². The van der Waals surface area contributed by atoms with Gasteiger partial charge in [0.25, 0.3) is 5.91 Å². The molecule has 0 bridgehead atoms. The Balaban J connectivity index is 2.21. The van der Waals surface area contributed by atoms with E-state index in [-0.39, 0.29) is 11.6 Å². The van der Waals surface area contributed by atoms with E-state index in [1.54, 1.807) is 24.0 Å². The van der Waals surface area contributed by atoms with E-state index in [1.807, 2.05) is 6.92 Å². The number of nitrogens with one attached hydrogen (secondary N) is 1. The van der Waals surface area contributed by atoms with E-state index >= 15 is 0 Å². The number of β-amino-alcohol motifs (C(OH)–C–C–N with tert-alkyl or cyclic N) is 1. The molecule has 1 unspecified atom stereocenters. The van der Waals surface area contributed by atoms with E-state index in [4.69, 9.17) is 11.6 Å². The van der Waals surface area contributed by atoms with Gasteiger partial charge in [0, 0.05) is 19.6 Å². The van der Waals surface area contributed by atoms with Crippen LogP contribution in [0.2, 0.25) is 5.02 Å². The molecule has 1 fully saturated rings. The third-order valence-electron chi connectivity index (χ3n) is 3.15. The Morgan fingerprint density at radius 3 is 2.95 bits per heavy atom. The minimum atomic E-state index is -0.818. The van der Waals surface area contributed by atoms with Crippen molar-refractivity contribution in [1.82, 2.24) is 9.88 Å². The molecule has 1 atom stereocenters. The van der Waals surface area contributed by atoms with Crippen LogP contribution in [0.15, 0.2) is 12.1 Å². The van der Waals surface area contributed by atoms with Crippen LogP contribution in [0.4, 0.5) is 5.82 Å². The molecule has 0 radical (unpaired) electrons. The third kappa shape index (κ3) is 3.16. The predicted octanol–water partition coefficient (Wildman–Crippen LogP) is 1.76. The Hall–Kier alpha value is -1.33. The predicted molar refractivity (Wildman–Crippen MR) is 74.6 cm³/mol. The van der Waals surface area contributed by atoms with Gasteiger partial charge in [-0.25, -0.2) is 4.98 Å². The summed E-state index contributed by atoms with van der Waals surface area (Å²) in [7, 11) is 0. The van der Waals surface area contributed by atoms with E-state index in [2.05, 4.69) is 10.3 Å². The fourth-order valence-electron chi connectivity index (χ4n) is 2.14. The molecule has 0 spiro atoms. The second-order valence-electron chi connectivity index (χ2n) is 5.03. The van der Waals surface area contributed by atoms with Gasteiger partial charge in [-0.1, -0.05) is 11.6 Å². The molecule has 0 saturated carbocycles. The molecule has 1 saturated heterocycles. The van der Waals surface area contributed by atoms with Gasteiger partial charge in [-0.2, -0.15) is 0 Å². The van der Waals surface area contributed by atoms with Crippen molar-refractivity contribution in [2.75, 3.05) is 25.0 Å². The molecule has 6 heteroatoms. The summed E-state index contributed by atoms with van der Waals surface area (Å²) in [6.07, 6.45) is 0.573. The van der Waals surface area contributed by atoms with Crippen LogP contribution in [-0.2, 0) is 0 Å². The van der Waals surface area contributed by atoms with E-state index < -0.39 is 5.60 Å². The number of rotatable bonds is 3. The Bertz CT molecular complexity index is 491. The van der Waals surface area contributed by atoms with Crippen molar-refractivity contribution in [1.29, 1.82) is 0 Å². The lowest BCUT2D eigenvalue weighted by Crippen LogP contribution is -2.34. The number of halogens is 1. The molecule has 1 aromatic rings. The zero-order valence-electron chi connectivity index (χ0n) is 11.1. The number of nitrogens with zero attached hydrogens (tertiary/aromatic N) is 2. The van der Waals surface area contributed by atoms with Gasteiger partial charge in [0.1, 0.15) is 11.5 Å². The first kappa shape index (κ1) is 14.1. The zero-order valence-corrected chi connectivity index (χ0v) is 11.9. The molecule has 2 heterocycles. The van der Waals surface area contributed by atoms with Gasteiger partial charge in [-0.15, -0.1) is 0 Å². The first-order valence-corrected chi connectivity index (χ1v) is 6.73. The molecule has 1 aromatic heterocycles. The highest BCUT2D eigenvalue weighted by atomic mass is 35.5. The number of hydrogen-bond donors (Lipinski definition) is 2.